The molecule has 80 valence electrons. The molecule has 0 atom stereocenters. The number of rotatable bonds is 3. The highest BCUT2D eigenvalue weighted by Gasteiger charge is 2.01. The highest BCUT2D eigenvalue weighted by molar-refractivity contribution is 5.62. The van der Waals surface area contributed by atoms with Crippen LogP contribution in [0.2, 0.25) is 0 Å². The molecule has 3 N–H and O–H groups in total. The molecule has 0 aliphatic carbocycles. The molecular weight excluding hydrogens is 190 g/mol. The zero-order chi connectivity index (χ0) is 10.7. The van der Waals surface area contributed by atoms with Gasteiger partial charge in [0, 0.05) is 7.49 Å². The summed E-state index contributed by atoms with van der Waals surface area (Å²) in [5.74, 6) is 1.37. The van der Waals surface area contributed by atoms with Crippen molar-refractivity contribution in [2.24, 2.45) is 0 Å². The summed E-state index contributed by atoms with van der Waals surface area (Å²) in [6.45, 7) is 2.64. The first-order valence-corrected chi connectivity index (χ1v) is 4.83. The van der Waals surface area contributed by atoms with E-state index in [1.54, 1.807) is 6.07 Å². The smallest absolute Gasteiger partial charge is 0.145 e. The number of hydrogen-bond acceptors (Lipinski definition) is 3. The average molecular weight is 205 g/mol. The highest BCUT2D eigenvalue weighted by atomic mass is 16.5. The predicted molar refractivity (Wildman–Crippen MR) is 61.7 cm³/mol. The van der Waals surface area contributed by atoms with Crippen LogP contribution in [0.1, 0.15) is 8.35 Å². The van der Waals surface area contributed by atoms with Gasteiger partial charge in [0.1, 0.15) is 11.6 Å². The van der Waals surface area contributed by atoms with Gasteiger partial charge < -0.3 is 10.5 Å². The third-order valence-electron chi connectivity index (χ3n) is 2.07. The van der Waals surface area contributed by atoms with Crippen LogP contribution in [-0.4, -0.2) is 16.8 Å². The zero-order valence-electron chi connectivity index (χ0n) is 8.53. The summed E-state index contributed by atoms with van der Waals surface area (Å²) in [6, 6.07) is 9.59. The molecule has 0 saturated heterocycles. The fourth-order valence-electron chi connectivity index (χ4n) is 1.38. The van der Waals surface area contributed by atoms with E-state index in [0.717, 1.165) is 17.0 Å². The minimum atomic E-state index is 0. The van der Waals surface area contributed by atoms with Crippen molar-refractivity contribution in [3.8, 4) is 17.0 Å². The van der Waals surface area contributed by atoms with Crippen LogP contribution in [0.15, 0.2) is 30.3 Å². The Bertz CT molecular complexity index is 439. The van der Waals surface area contributed by atoms with Crippen LogP contribution in [0, 0.1) is 0 Å². The Hall–Kier alpha value is -1.97. The maximum Gasteiger partial charge on any atom is 0.145 e. The summed E-state index contributed by atoms with van der Waals surface area (Å²) in [5, 5.41) is 6.73. The second-order valence-corrected chi connectivity index (χ2v) is 3.16. The lowest BCUT2D eigenvalue weighted by atomic mass is 10.1. The van der Waals surface area contributed by atoms with E-state index in [9.17, 15) is 0 Å². The number of nitrogen functional groups attached to an aromatic ring is 1. The van der Waals surface area contributed by atoms with Gasteiger partial charge in [-0.1, -0.05) is 0 Å². The average Bonchev–Trinajstić information content (AvgIpc) is 2.67. The van der Waals surface area contributed by atoms with Crippen molar-refractivity contribution in [1.29, 1.82) is 0 Å². The Balaban J connectivity index is 0.00000128. The summed E-state index contributed by atoms with van der Waals surface area (Å²) in [7, 11) is 0. The molecule has 0 saturated carbocycles. The molecule has 4 nitrogen and oxygen atoms in total. The van der Waals surface area contributed by atoms with Crippen LogP contribution in [0.3, 0.4) is 0 Å². The van der Waals surface area contributed by atoms with Crippen LogP contribution in [0.5, 0.6) is 5.75 Å². The van der Waals surface area contributed by atoms with Gasteiger partial charge in [-0.3, -0.25) is 5.10 Å². The molecule has 1 aromatic heterocycles. The third-order valence-corrected chi connectivity index (χ3v) is 2.07. The molecule has 0 unspecified atom stereocenters. The van der Waals surface area contributed by atoms with Gasteiger partial charge in [0.2, 0.25) is 0 Å². The topological polar surface area (TPSA) is 63.9 Å². The second kappa shape index (κ2) is 4.04. The van der Waals surface area contributed by atoms with Crippen molar-refractivity contribution < 1.29 is 6.16 Å². The number of aromatic nitrogens is 2. The maximum absolute atomic E-state index is 5.53. The lowest BCUT2D eigenvalue weighted by molar-refractivity contribution is 0.340. The Labute approximate surface area is 89.6 Å². The van der Waals surface area contributed by atoms with E-state index in [1.807, 2.05) is 31.2 Å². The van der Waals surface area contributed by atoms with Crippen molar-refractivity contribution in [3.05, 3.63) is 30.3 Å². The highest BCUT2D eigenvalue weighted by Crippen LogP contribution is 2.21. The van der Waals surface area contributed by atoms with E-state index < -0.39 is 0 Å². The van der Waals surface area contributed by atoms with Gasteiger partial charge in [0.25, 0.3) is 0 Å². The molecule has 1 aromatic carbocycles. The minimum absolute atomic E-state index is 0. The first-order valence-electron chi connectivity index (χ1n) is 4.83. The van der Waals surface area contributed by atoms with Crippen molar-refractivity contribution in [3.63, 3.8) is 0 Å². The summed E-state index contributed by atoms with van der Waals surface area (Å²) >= 11 is 0. The molecule has 0 aliphatic rings. The Kier molecular flexibility index (Phi) is 2.58. The molecule has 0 bridgehead atoms. The van der Waals surface area contributed by atoms with Crippen molar-refractivity contribution in [1.82, 2.24) is 10.2 Å². The zero-order valence-corrected chi connectivity index (χ0v) is 8.53. The second-order valence-electron chi connectivity index (χ2n) is 3.16. The predicted octanol–water partition coefficient (Wildman–Crippen LogP) is 2.30. The van der Waals surface area contributed by atoms with Gasteiger partial charge in [-0.15, -0.1) is 0 Å². The molecule has 15 heavy (non-hydrogen) atoms. The summed E-state index contributed by atoms with van der Waals surface area (Å²) < 4.78 is 5.35. The monoisotopic (exact) mass is 205 g/mol. The number of anilines is 1. The van der Waals surface area contributed by atoms with E-state index in [-0.39, 0.29) is 1.43 Å². The van der Waals surface area contributed by atoms with Crippen molar-refractivity contribution in [2.45, 2.75) is 6.92 Å². The molecule has 0 spiro atoms. The molecule has 0 radical (unpaired) electrons. The van der Waals surface area contributed by atoms with Gasteiger partial charge in [-0.2, -0.15) is 5.10 Å². The van der Waals surface area contributed by atoms with Gasteiger partial charge >= 0.3 is 0 Å². The Morgan fingerprint density at radius 2 is 2.13 bits per heavy atom. The van der Waals surface area contributed by atoms with Crippen LogP contribution < -0.4 is 10.5 Å². The molecule has 4 heteroatoms. The molecular formula is C11H15N3O. The number of nitrogens with one attached hydrogen (secondary N) is 1. The number of nitrogens with two attached hydrogens (primary N) is 1. The van der Waals surface area contributed by atoms with E-state index in [0.29, 0.717) is 12.4 Å². The van der Waals surface area contributed by atoms with Crippen molar-refractivity contribution in [2.75, 3.05) is 12.3 Å². The SMILES string of the molecule is CCOc1ccc(-c2cc(N)n[nH]2)cc1.[HH]. The normalized spacial score (nSPS) is 10.2. The van der Waals surface area contributed by atoms with Gasteiger partial charge in [0.05, 0.1) is 12.3 Å². The fraction of sp³-hybridized carbons (Fsp3) is 0.182. The molecule has 2 aromatic rings. The van der Waals surface area contributed by atoms with E-state index in [4.69, 9.17) is 10.5 Å². The standard InChI is InChI=1S/C11H13N3O.H2/c1-2-15-9-5-3-8(4-6-9)10-7-11(12)14-13-10;/h3-7H,2H2,1H3,(H3,12,13,14);1H. The first kappa shape index (κ1) is 9.58. The van der Waals surface area contributed by atoms with Gasteiger partial charge in [-0.25, -0.2) is 0 Å². The summed E-state index contributed by atoms with van der Waals surface area (Å²) in [4.78, 5) is 0. The van der Waals surface area contributed by atoms with Crippen LogP contribution in [-0.2, 0) is 0 Å². The minimum Gasteiger partial charge on any atom is -0.494 e. The van der Waals surface area contributed by atoms with Crippen LogP contribution in [0.25, 0.3) is 11.3 Å². The lowest BCUT2D eigenvalue weighted by Crippen LogP contribution is -1.90. The van der Waals surface area contributed by atoms with E-state index >= 15 is 0 Å². The molecule has 0 fully saturated rings. The largest absolute Gasteiger partial charge is 0.494 e. The number of nitrogens with zero attached hydrogens (tertiary/aromatic N) is 1. The molecule has 1 heterocycles. The molecule has 2 rings (SSSR count). The number of benzene rings is 1. The van der Waals surface area contributed by atoms with Crippen LogP contribution >= 0.6 is 0 Å². The number of H-pyrrole nitrogens is 1. The quantitative estimate of drug-likeness (QED) is 0.808. The molecule has 0 aliphatic heterocycles. The lowest BCUT2D eigenvalue weighted by Gasteiger charge is -2.03. The van der Waals surface area contributed by atoms with Gasteiger partial charge in [0.15, 0.2) is 0 Å². The Morgan fingerprint density at radius 3 is 2.67 bits per heavy atom. The van der Waals surface area contributed by atoms with E-state index in [2.05, 4.69) is 10.2 Å². The fourth-order valence-corrected chi connectivity index (χ4v) is 1.38. The Morgan fingerprint density at radius 1 is 1.40 bits per heavy atom. The number of aromatic amines is 1. The number of ether oxygens (including phenoxy) is 1. The maximum atomic E-state index is 5.53. The van der Waals surface area contributed by atoms with Crippen molar-refractivity contribution >= 4 is 5.82 Å². The first-order chi connectivity index (χ1) is 7.29. The van der Waals surface area contributed by atoms with E-state index in [1.165, 1.54) is 0 Å². The van der Waals surface area contributed by atoms with Gasteiger partial charge in [-0.05, 0) is 36.8 Å². The third kappa shape index (κ3) is 2.10. The summed E-state index contributed by atoms with van der Waals surface area (Å²) in [6.07, 6.45) is 0. The van der Waals surface area contributed by atoms with Crippen LogP contribution in [0.4, 0.5) is 5.82 Å². The molecule has 0 amide bonds. The summed E-state index contributed by atoms with van der Waals surface area (Å²) in [5.41, 5.74) is 7.48. The number of hydrogen-bond donors (Lipinski definition) is 2.